The first-order chi connectivity index (χ1) is 12.7. The zero-order valence-corrected chi connectivity index (χ0v) is 17.0. The van der Waals surface area contributed by atoms with E-state index in [1.807, 2.05) is 33.8 Å². The van der Waals surface area contributed by atoms with Crippen molar-refractivity contribution >= 4 is 11.9 Å². The van der Waals surface area contributed by atoms with Crippen LogP contribution in [0.4, 0.5) is 0 Å². The Kier molecular flexibility index (Phi) is 7.42. The van der Waals surface area contributed by atoms with Crippen LogP contribution in [0.25, 0.3) is 0 Å². The first kappa shape index (κ1) is 21.4. The van der Waals surface area contributed by atoms with Gasteiger partial charge in [-0.25, -0.2) is 4.79 Å². The summed E-state index contributed by atoms with van der Waals surface area (Å²) in [6.45, 7) is 9.52. The van der Waals surface area contributed by atoms with Crippen molar-refractivity contribution < 1.29 is 24.2 Å². The van der Waals surface area contributed by atoms with Crippen LogP contribution in [0.1, 0.15) is 60.3 Å². The van der Waals surface area contributed by atoms with Crippen molar-refractivity contribution in [3.63, 3.8) is 0 Å². The highest BCUT2D eigenvalue weighted by Crippen LogP contribution is 2.34. The van der Waals surface area contributed by atoms with E-state index in [0.29, 0.717) is 12.0 Å². The van der Waals surface area contributed by atoms with Gasteiger partial charge in [-0.3, -0.25) is 4.79 Å². The molecule has 1 heterocycles. The van der Waals surface area contributed by atoms with Crippen LogP contribution in [0.5, 0.6) is 0 Å². The largest absolute Gasteiger partial charge is 0.462 e. The molecule has 1 aliphatic carbocycles. The maximum Gasteiger partial charge on any atom is 0.334 e. The Morgan fingerprint density at radius 3 is 2.56 bits per heavy atom. The number of hydrogen-bond acceptors (Lipinski definition) is 5. The topological polar surface area (TPSA) is 72.8 Å². The van der Waals surface area contributed by atoms with Gasteiger partial charge in [-0.05, 0) is 38.7 Å². The second kappa shape index (κ2) is 9.36. The molecule has 2 rings (SSSR count). The third-order valence-corrected chi connectivity index (χ3v) is 5.23. The second-order valence-corrected chi connectivity index (χ2v) is 8.11. The third kappa shape index (κ3) is 6.06. The molecule has 2 bridgehead atoms. The fourth-order valence-corrected chi connectivity index (χ4v) is 3.97. The summed E-state index contributed by atoms with van der Waals surface area (Å²) in [5.41, 5.74) is 2.72. The lowest BCUT2D eigenvalue weighted by atomic mass is 9.82. The zero-order chi connectivity index (χ0) is 20.1. The SMILES string of the molecule is CC(=O)O[C@H]1C/C(C)=C\CC/C(C)=C\[C@H](O)CC2=C[C@@H](OC2=O)[C@@H]1C(C)C. The highest BCUT2D eigenvalue weighted by molar-refractivity contribution is 5.91. The molecule has 0 spiro atoms. The smallest absolute Gasteiger partial charge is 0.334 e. The summed E-state index contributed by atoms with van der Waals surface area (Å²) in [6.07, 6.45) is 6.81. The van der Waals surface area contributed by atoms with Crippen LogP contribution >= 0.6 is 0 Å². The monoisotopic (exact) mass is 376 g/mol. The summed E-state index contributed by atoms with van der Waals surface area (Å²) >= 11 is 0. The Balaban J connectivity index is 2.42. The summed E-state index contributed by atoms with van der Waals surface area (Å²) < 4.78 is 11.3. The normalized spacial score (nSPS) is 33.9. The molecular formula is C22H32O5. The van der Waals surface area contributed by atoms with Gasteiger partial charge < -0.3 is 14.6 Å². The molecule has 0 unspecified atom stereocenters. The van der Waals surface area contributed by atoms with E-state index in [2.05, 4.69) is 6.08 Å². The van der Waals surface area contributed by atoms with Crippen LogP contribution in [0, 0.1) is 11.8 Å². The summed E-state index contributed by atoms with van der Waals surface area (Å²) in [5, 5.41) is 10.3. The number of hydrogen-bond donors (Lipinski definition) is 1. The maximum absolute atomic E-state index is 12.3. The van der Waals surface area contributed by atoms with Gasteiger partial charge in [0.15, 0.2) is 0 Å². The lowest BCUT2D eigenvalue weighted by Gasteiger charge is -2.33. The average molecular weight is 376 g/mol. The summed E-state index contributed by atoms with van der Waals surface area (Å²) in [4.78, 5) is 24.1. The number of fused-ring (bicyclic) bond motifs is 1. The molecule has 0 saturated heterocycles. The molecule has 0 radical (unpaired) electrons. The molecule has 0 saturated carbocycles. The highest BCUT2D eigenvalue weighted by Gasteiger charge is 2.39. The zero-order valence-electron chi connectivity index (χ0n) is 17.0. The van der Waals surface area contributed by atoms with Gasteiger partial charge in [-0.2, -0.15) is 0 Å². The first-order valence-corrected chi connectivity index (χ1v) is 9.77. The van der Waals surface area contributed by atoms with Gasteiger partial charge in [0.2, 0.25) is 0 Å². The fraction of sp³-hybridized carbons (Fsp3) is 0.636. The highest BCUT2D eigenvalue weighted by atomic mass is 16.6. The van der Waals surface area contributed by atoms with Gasteiger partial charge in [-0.1, -0.05) is 37.1 Å². The predicted molar refractivity (Wildman–Crippen MR) is 104 cm³/mol. The number of rotatable bonds is 2. The van der Waals surface area contributed by atoms with Crippen molar-refractivity contribution in [1.82, 2.24) is 0 Å². The van der Waals surface area contributed by atoms with Gasteiger partial charge in [0, 0.05) is 31.3 Å². The van der Waals surface area contributed by atoms with Crippen LogP contribution in [0.3, 0.4) is 0 Å². The molecule has 150 valence electrons. The van der Waals surface area contributed by atoms with E-state index in [1.165, 1.54) is 6.92 Å². The van der Waals surface area contributed by atoms with Crippen LogP contribution < -0.4 is 0 Å². The lowest BCUT2D eigenvalue weighted by Crippen LogP contribution is -2.38. The predicted octanol–water partition coefficient (Wildman–Crippen LogP) is 3.87. The van der Waals surface area contributed by atoms with E-state index in [1.54, 1.807) is 6.08 Å². The Labute approximate surface area is 162 Å². The van der Waals surface area contributed by atoms with E-state index in [9.17, 15) is 14.7 Å². The number of esters is 2. The number of allylic oxidation sites excluding steroid dienone is 2. The number of ether oxygens (including phenoxy) is 2. The van der Waals surface area contributed by atoms with Crippen LogP contribution in [0.15, 0.2) is 34.9 Å². The van der Waals surface area contributed by atoms with Crippen LogP contribution in [-0.2, 0) is 19.1 Å². The van der Waals surface area contributed by atoms with Crippen molar-refractivity contribution in [2.24, 2.45) is 11.8 Å². The molecular weight excluding hydrogens is 344 g/mol. The molecule has 0 aromatic rings. The molecule has 27 heavy (non-hydrogen) atoms. The number of carbonyl (C=O) groups is 2. The van der Waals surface area contributed by atoms with Crippen molar-refractivity contribution in [3.8, 4) is 0 Å². The molecule has 0 fully saturated rings. The summed E-state index contributed by atoms with van der Waals surface area (Å²) in [5.74, 6) is -0.715. The van der Waals surface area contributed by atoms with Crippen molar-refractivity contribution in [3.05, 3.63) is 34.9 Å². The van der Waals surface area contributed by atoms with Gasteiger partial charge in [0.25, 0.3) is 0 Å². The van der Waals surface area contributed by atoms with E-state index >= 15 is 0 Å². The Morgan fingerprint density at radius 1 is 1.22 bits per heavy atom. The Morgan fingerprint density at radius 2 is 1.93 bits per heavy atom. The molecule has 2 aliphatic rings. The molecule has 5 nitrogen and oxygen atoms in total. The van der Waals surface area contributed by atoms with Gasteiger partial charge in [0.1, 0.15) is 12.2 Å². The fourth-order valence-electron chi connectivity index (χ4n) is 3.97. The molecule has 1 N–H and O–H groups in total. The molecule has 0 aromatic carbocycles. The van der Waals surface area contributed by atoms with Gasteiger partial charge in [0.05, 0.1) is 6.10 Å². The van der Waals surface area contributed by atoms with Crippen molar-refractivity contribution in [1.29, 1.82) is 0 Å². The number of carbonyl (C=O) groups excluding carboxylic acids is 2. The third-order valence-electron chi connectivity index (χ3n) is 5.23. The summed E-state index contributed by atoms with van der Waals surface area (Å²) in [7, 11) is 0. The number of aliphatic hydroxyl groups excluding tert-OH is 1. The van der Waals surface area contributed by atoms with Crippen molar-refractivity contribution in [2.45, 2.75) is 78.6 Å². The van der Waals surface area contributed by atoms with Gasteiger partial charge >= 0.3 is 11.9 Å². The molecule has 0 amide bonds. The van der Waals surface area contributed by atoms with E-state index < -0.39 is 12.2 Å². The van der Waals surface area contributed by atoms with Gasteiger partial charge in [-0.15, -0.1) is 0 Å². The maximum atomic E-state index is 12.3. The Hall–Kier alpha value is -1.88. The first-order valence-electron chi connectivity index (χ1n) is 9.77. The minimum absolute atomic E-state index is 0.143. The lowest BCUT2D eigenvalue weighted by molar-refractivity contribution is -0.156. The van der Waals surface area contributed by atoms with E-state index in [-0.39, 0.29) is 36.3 Å². The molecule has 4 atom stereocenters. The van der Waals surface area contributed by atoms with Crippen LogP contribution in [-0.4, -0.2) is 35.4 Å². The van der Waals surface area contributed by atoms with E-state index in [4.69, 9.17) is 9.47 Å². The quantitative estimate of drug-likeness (QED) is 0.585. The second-order valence-electron chi connectivity index (χ2n) is 8.11. The molecule has 1 aliphatic heterocycles. The number of aliphatic hydroxyl groups is 1. The molecule has 5 heteroatoms. The minimum Gasteiger partial charge on any atom is -0.462 e. The van der Waals surface area contributed by atoms with Crippen molar-refractivity contribution in [2.75, 3.05) is 0 Å². The average Bonchev–Trinajstić information content (AvgIpc) is 2.85. The Bertz CT molecular complexity index is 656. The minimum atomic E-state index is -0.711. The van der Waals surface area contributed by atoms with Crippen LogP contribution in [0.2, 0.25) is 0 Å². The van der Waals surface area contributed by atoms with E-state index in [0.717, 1.165) is 24.0 Å². The molecule has 0 aromatic heterocycles. The summed E-state index contributed by atoms with van der Waals surface area (Å²) in [6, 6.07) is 0. The standard InChI is InChI=1S/C22H32O5/c1-13(2)21-19(26-16(5)23)10-15(4)8-6-7-14(3)9-18(24)11-17-12-20(21)27-22(17)25/h8-9,12-13,18-21,24H,6-7,10-11H2,1-5H3/b14-9-,15-8-/t18-,19-,20+,21+/m0/s1.